The lowest BCUT2D eigenvalue weighted by atomic mass is 10.0. The summed E-state index contributed by atoms with van der Waals surface area (Å²) in [6, 6.07) is 14.7. The summed E-state index contributed by atoms with van der Waals surface area (Å²) in [5, 5.41) is 12.8. The molecule has 2 aromatic rings. The zero-order chi connectivity index (χ0) is 16.9. The molecule has 1 aliphatic rings. The molecule has 0 aliphatic carbocycles. The Morgan fingerprint density at radius 1 is 1.29 bits per heavy atom. The molecule has 24 heavy (non-hydrogen) atoms. The fraction of sp³-hybridized carbons (Fsp3) is 0.368. The van der Waals surface area contributed by atoms with Crippen LogP contribution in [0.1, 0.15) is 29.7 Å². The molecule has 4 nitrogen and oxygen atoms in total. The van der Waals surface area contributed by atoms with Gasteiger partial charge in [-0.05, 0) is 37.5 Å². The van der Waals surface area contributed by atoms with E-state index in [1.165, 1.54) is 11.1 Å². The Kier molecular flexibility index (Phi) is 5.34. The van der Waals surface area contributed by atoms with Crippen molar-refractivity contribution in [3.63, 3.8) is 0 Å². The van der Waals surface area contributed by atoms with E-state index < -0.39 is 0 Å². The minimum atomic E-state index is 0.276. The fourth-order valence-electron chi connectivity index (χ4n) is 3.11. The van der Waals surface area contributed by atoms with Gasteiger partial charge in [0.15, 0.2) is 5.69 Å². The average molecular weight is 341 g/mol. The quantitative estimate of drug-likeness (QED) is 0.914. The number of benzene rings is 1. The van der Waals surface area contributed by atoms with Gasteiger partial charge >= 0.3 is 0 Å². The van der Waals surface area contributed by atoms with Gasteiger partial charge in [-0.2, -0.15) is 5.26 Å². The van der Waals surface area contributed by atoms with Crippen molar-refractivity contribution < 1.29 is 0 Å². The Bertz CT molecular complexity index is 745. The van der Waals surface area contributed by atoms with E-state index >= 15 is 0 Å². The Labute approximate surface area is 148 Å². The third-order valence-electron chi connectivity index (χ3n) is 4.38. The predicted octanol–water partition coefficient (Wildman–Crippen LogP) is 3.99. The van der Waals surface area contributed by atoms with E-state index in [4.69, 9.17) is 16.9 Å². The van der Waals surface area contributed by atoms with Gasteiger partial charge in [-0.15, -0.1) is 0 Å². The fourth-order valence-corrected chi connectivity index (χ4v) is 3.26. The maximum absolute atomic E-state index is 9.01. The topological polar surface area (TPSA) is 52.0 Å². The van der Waals surface area contributed by atoms with Crippen LogP contribution < -0.4 is 5.32 Å². The predicted molar refractivity (Wildman–Crippen MR) is 97.1 cm³/mol. The third kappa shape index (κ3) is 4.25. The van der Waals surface area contributed by atoms with Crippen molar-refractivity contribution in [3.8, 4) is 6.07 Å². The zero-order valence-electron chi connectivity index (χ0n) is 13.8. The Hall–Kier alpha value is -2.09. The minimum Gasteiger partial charge on any atom is -0.367 e. The van der Waals surface area contributed by atoms with Gasteiger partial charge in [0.2, 0.25) is 0 Å². The van der Waals surface area contributed by atoms with E-state index in [1.807, 2.05) is 12.1 Å². The highest BCUT2D eigenvalue weighted by Gasteiger charge is 2.19. The van der Waals surface area contributed by atoms with Gasteiger partial charge in [-0.25, -0.2) is 4.98 Å². The van der Waals surface area contributed by atoms with Gasteiger partial charge in [-0.1, -0.05) is 41.4 Å². The molecule has 1 N–H and O–H groups in total. The number of rotatable bonds is 4. The van der Waals surface area contributed by atoms with Crippen LogP contribution in [-0.4, -0.2) is 29.0 Å². The van der Waals surface area contributed by atoms with E-state index in [1.54, 1.807) is 6.07 Å². The van der Waals surface area contributed by atoms with Crippen molar-refractivity contribution in [3.05, 3.63) is 58.2 Å². The molecular formula is C19H21ClN4. The summed E-state index contributed by atoms with van der Waals surface area (Å²) in [7, 11) is 0. The summed E-state index contributed by atoms with van der Waals surface area (Å²) in [6.45, 7) is 5.26. The van der Waals surface area contributed by atoms with Crippen molar-refractivity contribution in [2.24, 2.45) is 0 Å². The standard InChI is InChI=1S/C19H21ClN4/c1-14-3-2-4-15(11-14)13-24-9-7-16(8-10-24)22-19-6-5-17(20)18(12-21)23-19/h2-6,11,16H,7-10,13H2,1H3,(H,22,23). The molecule has 1 aromatic heterocycles. The van der Waals surface area contributed by atoms with E-state index in [0.29, 0.717) is 11.1 Å². The lowest BCUT2D eigenvalue weighted by Gasteiger charge is -2.32. The number of pyridine rings is 1. The van der Waals surface area contributed by atoms with E-state index in [9.17, 15) is 0 Å². The van der Waals surface area contributed by atoms with Crippen LogP contribution in [0.15, 0.2) is 36.4 Å². The second-order valence-corrected chi connectivity index (χ2v) is 6.73. The van der Waals surface area contributed by atoms with Crippen LogP contribution in [0.4, 0.5) is 5.82 Å². The Morgan fingerprint density at radius 3 is 2.79 bits per heavy atom. The van der Waals surface area contributed by atoms with Crippen LogP contribution in [0.2, 0.25) is 5.02 Å². The van der Waals surface area contributed by atoms with Gasteiger partial charge in [0, 0.05) is 25.7 Å². The average Bonchev–Trinajstić information content (AvgIpc) is 2.58. The highest BCUT2D eigenvalue weighted by atomic mass is 35.5. The summed E-state index contributed by atoms with van der Waals surface area (Å²) in [5.41, 5.74) is 2.96. The Morgan fingerprint density at radius 2 is 2.08 bits per heavy atom. The first-order valence-corrected chi connectivity index (χ1v) is 8.63. The summed E-state index contributed by atoms with van der Waals surface area (Å²) in [5.74, 6) is 0.730. The number of nitrogens with one attached hydrogen (secondary N) is 1. The maximum atomic E-state index is 9.01. The van der Waals surface area contributed by atoms with Crippen LogP contribution in [-0.2, 0) is 6.54 Å². The van der Waals surface area contributed by atoms with Crippen LogP contribution in [0, 0.1) is 18.3 Å². The van der Waals surface area contributed by atoms with Gasteiger partial charge in [-0.3, -0.25) is 4.90 Å². The molecule has 0 amide bonds. The zero-order valence-corrected chi connectivity index (χ0v) is 14.6. The number of nitriles is 1. The van der Waals surface area contributed by atoms with Crippen LogP contribution in [0.25, 0.3) is 0 Å². The summed E-state index contributed by atoms with van der Waals surface area (Å²) in [4.78, 5) is 6.75. The summed E-state index contributed by atoms with van der Waals surface area (Å²) >= 11 is 5.93. The molecule has 0 radical (unpaired) electrons. The third-order valence-corrected chi connectivity index (χ3v) is 4.69. The van der Waals surface area contributed by atoms with Crippen molar-refractivity contribution >= 4 is 17.4 Å². The number of anilines is 1. The van der Waals surface area contributed by atoms with Crippen LogP contribution in [0.5, 0.6) is 0 Å². The van der Waals surface area contributed by atoms with Gasteiger partial charge in [0.25, 0.3) is 0 Å². The van der Waals surface area contributed by atoms with Crippen molar-refractivity contribution in [2.45, 2.75) is 32.4 Å². The first kappa shape index (κ1) is 16.8. The number of halogens is 1. The van der Waals surface area contributed by atoms with E-state index in [-0.39, 0.29) is 5.69 Å². The van der Waals surface area contributed by atoms with Crippen molar-refractivity contribution in [2.75, 3.05) is 18.4 Å². The number of hydrogen-bond donors (Lipinski definition) is 1. The lowest BCUT2D eigenvalue weighted by Crippen LogP contribution is -2.38. The highest BCUT2D eigenvalue weighted by molar-refractivity contribution is 6.31. The van der Waals surface area contributed by atoms with E-state index in [2.05, 4.69) is 46.4 Å². The summed E-state index contributed by atoms with van der Waals surface area (Å²) in [6.07, 6.45) is 2.13. The van der Waals surface area contributed by atoms with Crippen molar-refractivity contribution in [1.29, 1.82) is 5.26 Å². The molecular weight excluding hydrogens is 320 g/mol. The van der Waals surface area contributed by atoms with E-state index in [0.717, 1.165) is 38.3 Å². The number of hydrogen-bond acceptors (Lipinski definition) is 4. The molecule has 0 spiro atoms. The lowest BCUT2D eigenvalue weighted by molar-refractivity contribution is 0.211. The smallest absolute Gasteiger partial charge is 0.161 e. The first-order valence-electron chi connectivity index (χ1n) is 8.25. The molecule has 2 heterocycles. The monoisotopic (exact) mass is 340 g/mol. The number of likely N-dealkylation sites (tertiary alicyclic amines) is 1. The Balaban J connectivity index is 1.53. The molecule has 1 aliphatic heterocycles. The SMILES string of the molecule is Cc1cccc(CN2CCC(Nc3ccc(Cl)c(C#N)n3)CC2)c1. The molecule has 1 saturated heterocycles. The second kappa shape index (κ2) is 7.65. The largest absolute Gasteiger partial charge is 0.367 e. The van der Waals surface area contributed by atoms with Crippen LogP contribution in [0.3, 0.4) is 0 Å². The second-order valence-electron chi connectivity index (χ2n) is 6.32. The maximum Gasteiger partial charge on any atom is 0.161 e. The van der Waals surface area contributed by atoms with Crippen molar-refractivity contribution in [1.82, 2.24) is 9.88 Å². The van der Waals surface area contributed by atoms with Gasteiger partial charge < -0.3 is 5.32 Å². The summed E-state index contributed by atoms with van der Waals surface area (Å²) < 4.78 is 0. The minimum absolute atomic E-state index is 0.276. The van der Waals surface area contributed by atoms with Crippen LogP contribution >= 0.6 is 11.6 Å². The number of piperidine rings is 1. The molecule has 3 rings (SSSR count). The molecule has 5 heteroatoms. The highest BCUT2D eigenvalue weighted by Crippen LogP contribution is 2.20. The normalized spacial score (nSPS) is 15.9. The molecule has 1 fully saturated rings. The molecule has 1 aromatic carbocycles. The first-order chi connectivity index (χ1) is 11.6. The molecule has 0 unspecified atom stereocenters. The molecule has 0 saturated carbocycles. The van der Waals surface area contributed by atoms with Gasteiger partial charge in [0.05, 0.1) is 5.02 Å². The number of aryl methyl sites for hydroxylation is 1. The number of aromatic nitrogens is 1. The molecule has 124 valence electrons. The van der Waals surface area contributed by atoms with Gasteiger partial charge in [0.1, 0.15) is 11.9 Å². The molecule has 0 atom stereocenters. The molecule has 0 bridgehead atoms. The number of nitrogens with zero attached hydrogens (tertiary/aromatic N) is 3.